The number of amides is 1. The van der Waals surface area contributed by atoms with Gasteiger partial charge in [0.15, 0.2) is 11.9 Å². The lowest BCUT2D eigenvalue weighted by molar-refractivity contribution is -0.150. The fraction of sp³-hybridized carbons (Fsp3) is 0.667. The van der Waals surface area contributed by atoms with Crippen molar-refractivity contribution in [3.63, 3.8) is 0 Å². The molecule has 0 radical (unpaired) electrons. The Morgan fingerprint density at radius 1 is 1.24 bits per heavy atom. The summed E-state index contributed by atoms with van der Waals surface area (Å²) >= 11 is 0. The number of ether oxygens (including phenoxy) is 3. The number of hydrogen-bond donors (Lipinski definition) is 0. The van der Waals surface area contributed by atoms with Crippen LogP contribution in [0.15, 0.2) is 0 Å². The van der Waals surface area contributed by atoms with Crippen LogP contribution in [0.3, 0.4) is 0 Å². The molecule has 1 atom stereocenters. The van der Waals surface area contributed by atoms with Crippen LogP contribution in [0.25, 0.3) is 11.0 Å². The highest BCUT2D eigenvalue weighted by Gasteiger charge is 2.36. The second-order valence-corrected chi connectivity index (χ2v) is 7.89. The highest BCUT2D eigenvalue weighted by molar-refractivity contribution is 5.86. The third-order valence-corrected chi connectivity index (χ3v) is 6.14. The van der Waals surface area contributed by atoms with Crippen LogP contribution < -0.4 is 4.74 Å². The van der Waals surface area contributed by atoms with Crippen molar-refractivity contribution in [1.82, 2.24) is 19.7 Å². The Morgan fingerprint density at radius 3 is 2.72 bits per heavy atom. The molecule has 2 fully saturated rings. The summed E-state index contributed by atoms with van der Waals surface area (Å²) in [5, 5.41) is 5.33. The number of aryl methyl sites for hydroxylation is 3. The molecule has 0 bridgehead atoms. The van der Waals surface area contributed by atoms with Gasteiger partial charge in [0, 0.05) is 25.7 Å². The lowest BCUT2D eigenvalue weighted by Gasteiger charge is -2.38. The van der Waals surface area contributed by atoms with Crippen LogP contribution in [0.5, 0.6) is 5.88 Å². The molecule has 29 heavy (non-hydrogen) atoms. The SMILES string of the molecule is COc1nn(C)c2nc(C)c(CCC(=O)N3CCCCC3C3OCCO3)c(C)c12. The maximum absolute atomic E-state index is 13.1. The smallest absolute Gasteiger partial charge is 0.242 e. The number of carbonyl (C=O) groups is 1. The van der Waals surface area contributed by atoms with Crippen LogP contribution in [-0.2, 0) is 27.7 Å². The first-order valence-electron chi connectivity index (χ1n) is 10.4. The summed E-state index contributed by atoms with van der Waals surface area (Å²) in [4.78, 5) is 19.8. The summed E-state index contributed by atoms with van der Waals surface area (Å²) in [6.45, 7) is 6.05. The molecule has 1 unspecified atom stereocenters. The molecule has 2 aliphatic rings. The van der Waals surface area contributed by atoms with Crippen LogP contribution >= 0.6 is 0 Å². The maximum atomic E-state index is 13.1. The highest BCUT2D eigenvalue weighted by atomic mass is 16.7. The molecule has 2 aliphatic heterocycles. The molecule has 0 saturated carbocycles. The molecule has 1 amide bonds. The highest BCUT2D eigenvalue weighted by Crippen LogP contribution is 2.31. The Bertz CT molecular complexity index is 904. The molecule has 0 N–H and O–H groups in total. The molecular weight excluding hydrogens is 372 g/mol. The number of pyridine rings is 1. The molecule has 4 rings (SSSR count). The summed E-state index contributed by atoms with van der Waals surface area (Å²) in [5.41, 5.74) is 3.92. The summed E-state index contributed by atoms with van der Waals surface area (Å²) < 4.78 is 18.6. The molecule has 4 heterocycles. The van der Waals surface area contributed by atoms with E-state index in [2.05, 4.69) is 12.0 Å². The zero-order valence-electron chi connectivity index (χ0n) is 17.7. The summed E-state index contributed by atoms with van der Waals surface area (Å²) in [6.07, 6.45) is 3.90. The van der Waals surface area contributed by atoms with Crippen molar-refractivity contribution in [1.29, 1.82) is 0 Å². The summed E-state index contributed by atoms with van der Waals surface area (Å²) in [6, 6.07) is 0.0277. The van der Waals surface area contributed by atoms with Crippen molar-refractivity contribution in [2.75, 3.05) is 26.9 Å². The molecule has 8 nitrogen and oxygen atoms in total. The van der Waals surface area contributed by atoms with Crippen molar-refractivity contribution in [2.24, 2.45) is 7.05 Å². The number of piperidine rings is 1. The summed E-state index contributed by atoms with van der Waals surface area (Å²) in [5.74, 6) is 0.734. The van der Waals surface area contributed by atoms with Gasteiger partial charge in [0.2, 0.25) is 11.8 Å². The van der Waals surface area contributed by atoms with Gasteiger partial charge >= 0.3 is 0 Å². The minimum Gasteiger partial charge on any atom is -0.479 e. The van der Waals surface area contributed by atoms with Gasteiger partial charge in [-0.1, -0.05) is 0 Å². The van der Waals surface area contributed by atoms with Crippen LogP contribution in [0.2, 0.25) is 0 Å². The van der Waals surface area contributed by atoms with E-state index in [1.165, 1.54) is 0 Å². The van der Waals surface area contributed by atoms with Crippen LogP contribution in [0.4, 0.5) is 0 Å². The predicted molar refractivity (Wildman–Crippen MR) is 108 cm³/mol. The zero-order valence-corrected chi connectivity index (χ0v) is 17.7. The van der Waals surface area contributed by atoms with E-state index in [9.17, 15) is 4.79 Å². The first-order valence-corrected chi connectivity index (χ1v) is 10.4. The van der Waals surface area contributed by atoms with E-state index in [1.807, 2.05) is 18.9 Å². The molecule has 0 spiro atoms. The maximum Gasteiger partial charge on any atom is 0.242 e. The molecule has 2 aromatic rings. The van der Waals surface area contributed by atoms with Crippen LogP contribution in [-0.4, -0.2) is 64.8 Å². The Hall–Kier alpha value is -2.19. The predicted octanol–water partition coefficient (Wildman–Crippen LogP) is 2.28. The molecule has 158 valence electrons. The van der Waals surface area contributed by atoms with Crippen molar-refractivity contribution >= 4 is 16.9 Å². The normalized spacial score (nSPS) is 20.6. The number of aromatic nitrogens is 3. The Morgan fingerprint density at radius 2 is 2.00 bits per heavy atom. The quantitative estimate of drug-likeness (QED) is 0.764. The molecule has 2 saturated heterocycles. The van der Waals surface area contributed by atoms with E-state index in [4.69, 9.17) is 19.2 Å². The monoisotopic (exact) mass is 402 g/mol. The Labute approximate surface area is 171 Å². The number of likely N-dealkylation sites (tertiary alicyclic amines) is 1. The van der Waals surface area contributed by atoms with E-state index in [1.54, 1.807) is 11.8 Å². The fourth-order valence-corrected chi connectivity index (χ4v) is 4.63. The van der Waals surface area contributed by atoms with Gasteiger partial charge in [-0.05, 0) is 50.7 Å². The van der Waals surface area contributed by atoms with Crippen molar-refractivity contribution in [2.45, 2.75) is 58.3 Å². The molecule has 8 heteroatoms. The van der Waals surface area contributed by atoms with Crippen molar-refractivity contribution < 1.29 is 19.0 Å². The Balaban J connectivity index is 1.53. The first-order chi connectivity index (χ1) is 14.0. The average molecular weight is 402 g/mol. The van der Waals surface area contributed by atoms with E-state index in [0.29, 0.717) is 31.9 Å². The first kappa shape index (κ1) is 20.1. The van der Waals surface area contributed by atoms with Gasteiger partial charge in [0.05, 0.1) is 31.8 Å². The van der Waals surface area contributed by atoms with E-state index in [0.717, 1.165) is 53.7 Å². The van der Waals surface area contributed by atoms with E-state index in [-0.39, 0.29) is 18.2 Å². The van der Waals surface area contributed by atoms with E-state index < -0.39 is 0 Å². The van der Waals surface area contributed by atoms with Gasteiger partial charge in [-0.3, -0.25) is 4.79 Å². The van der Waals surface area contributed by atoms with Gasteiger partial charge in [-0.2, -0.15) is 0 Å². The minimum absolute atomic E-state index is 0.0277. The standard InChI is InChI=1S/C21H30N4O4/c1-13-15(14(2)22-19-18(13)20(27-4)23-24(19)3)8-9-17(26)25-10-6-5-7-16(25)21-28-11-12-29-21/h16,21H,5-12H2,1-4H3. The number of rotatable bonds is 5. The van der Waals surface area contributed by atoms with Crippen LogP contribution in [0.1, 0.15) is 42.5 Å². The number of fused-ring (bicyclic) bond motifs is 1. The lowest BCUT2D eigenvalue weighted by atomic mass is 9.97. The number of hydrogen-bond acceptors (Lipinski definition) is 6. The minimum atomic E-state index is -0.277. The van der Waals surface area contributed by atoms with Gasteiger partial charge in [-0.25, -0.2) is 9.67 Å². The van der Waals surface area contributed by atoms with Crippen molar-refractivity contribution in [3.05, 3.63) is 16.8 Å². The molecule has 0 aliphatic carbocycles. The van der Waals surface area contributed by atoms with Gasteiger partial charge in [-0.15, -0.1) is 5.10 Å². The average Bonchev–Trinajstić information content (AvgIpc) is 3.36. The molecule has 0 aromatic carbocycles. The molecular formula is C21H30N4O4. The number of nitrogens with zero attached hydrogens (tertiary/aromatic N) is 4. The van der Waals surface area contributed by atoms with E-state index >= 15 is 0 Å². The summed E-state index contributed by atoms with van der Waals surface area (Å²) in [7, 11) is 3.48. The number of methoxy groups -OCH3 is 1. The largest absolute Gasteiger partial charge is 0.479 e. The Kier molecular flexibility index (Phi) is 5.74. The zero-order chi connectivity index (χ0) is 20.5. The topological polar surface area (TPSA) is 78.7 Å². The van der Waals surface area contributed by atoms with Crippen molar-refractivity contribution in [3.8, 4) is 5.88 Å². The second-order valence-electron chi connectivity index (χ2n) is 7.89. The van der Waals surface area contributed by atoms with Crippen LogP contribution in [0, 0.1) is 13.8 Å². The second kappa shape index (κ2) is 8.28. The fourth-order valence-electron chi connectivity index (χ4n) is 4.63. The van der Waals surface area contributed by atoms with Gasteiger partial charge in [0.25, 0.3) is 0 Å². The van der Waals surface area contributed by atoms with Gasteiger partial charge < -0.3 is 19.1 Å². The van der Waals surface area contributed by atoms with Gasteiger partial charge in [0.1, 0.15) is 0 Å². The molecule has 2 aromatic heterocycles. The third-order valence-electron chi connectivity index (χ3n) is 6.14. The number of carbonyl (C=O) groups excluding carboxylic acids is 1. The third kappa shape index (κ3) is 3.71. The lowest BCUT2D eigenvalue weighted by Crippen LogP contribution is -2.50.